The topological polar surface area (TPSA) is 56.0 Å². The van der Waals surface area contributed by atoms with Crippen molar-refractivity contribution in [3.8, 4) is 0 Å². The summed E-state index contributed by atoms with van der Waals surface area (Å²) < 4.78 is 14.1. The van der Waals surface area contributed by atoms with E-state index in [9.17, 15) is 4.79 Å². The zero-order valence-corrected chi connectivity index (χ0v) is 4.59. The Kier molecular flexibility index (Phi) is 0.906. The van der Waals surface area contributed by atoms with Crippen molar-refractivity contribution >= 4 is 5.91 Å². The zero-order chi connectivity index (χ0) is 8.43. The molecule has 1 aromatic rings. The number of carbonyl (C=O) groups is 1. The van der Waals surface area contributed by atoms with Crippen molar-refractivity contribution < 1.29 is 7.54 Å². The molecular formula is C6H6N2O. The third kappa shape index (κ3) is 1.25. The number of nitrogens with zero attached hydrogens (tertiary/aromatic N) is 1. The van der Waals surface area contributed by atoms with Gasteiger partial charge in [-0.15, -0.1) is 0 Å². The van der Waals surface area contributed by atoms with Crippen molar-refractivity contribution in [1.82, 2.24) is 4.98 Å². The van der Waals surface area contributed by atoms with Crippen LogP contribution in [0.4, 0.5) is 0 Å². The molecular weight excluding hydrogens is 116 g/mol. The first-order chi connectivity index (χ1) is 5.09. The largest absolute Gasteiger partial charge is 0.364 e. The van der Waals surface area contributed by atoms with E-state index in [0.717, 1.165) is 0 Å². The SMILES string of the molecule is [2H]c1cc([2H])nc(C(N)=O)c1. The molecule has 1 rings (SSSR count). The maximum absolute atomic E-state index is 10.5. The molecule has 3 heteroatoms. The Labute approximate surface area is 55.3 Å². The molecule has 1 aromatic heterocycles. The average Bonchev–Trinajstić information content (AvgIpc) is 1.85. The number of aromatic nitrogens is 1. The van der Waals surface area contributed by atoms with Gasteiger partial charge in [-0.3, -0.25) is 9.78 Å². The fraction of sp³-hybridized carbons (Fsp3) is 0. The van der Waals surface area contributed by atoms with Gasteiger partial charge in [-0.25, -0.2) is 0 Å². The predicted molar refractivity (Wildman–Crippen MR) is 32.8 cm³/mol. The molecule has 0 aliphatic carbocycles. The molecule has 0 fully saturated rings. The van der Waals surface area contributed by atoms with Gasteiger partial charge in [0.05, 0.1) is 2.74 Å². The summed E-state index contributed by atoms with van der Waals surface area (Å²) in [6.45, 7) is 0. The fourth-order valence-corrected chi connectivity index (χ4v) is 0.418. The minimum absolute atomic E-state index is 0.0394. The lowest BCUT2D eigenvalue weighted by molar-refractivity contribution is 0.0995. The first-order valence-corrected chi connectivity index (χ1v) is 2.34. The van der Waals surface area contributed by atoms with Gasteiger partial charge in [0.25, 0.3) is 5.91 Å². The number of rotatable bonds is 1. The zero-order valence-electron chi connectivity index (χ0n) is 6.59. The van der Waals surface area contributed by atoms with Crippen LogP contribution in [0.5, 0.6) is 0 Å². The van der Waals surface area contributed by atoms with E-state index in [0.29, 0.717) is 0 Å². The van der Waals surface area contributed by atoms with Crippen LogP contribution in [-0.2, 0) is 0 Å². The lowest BCUT2D eigenvalue weighted by Gasteiger charge is -1.88. The summed E-state index contributed by atoms with van der Waals surface area (Å²) in [7, 11) is 0. The minimum Gasteiger partial charge on any atom is -0.364 e. The number of pyridine rings is 1. The molecule has 0 aliphatic heterocycles. The van der Waals surface area contributed by atoms with Crippen molar-refractivity contribution in [3.63, 3.8) is 0 Å². The highest BCUT2D eigenvalue weighted by Crippen LogP contribution is 1.88. The van der Waals surface area contributed by atoms with Crippen LogP contribution in [0.1, 0.15) is 13.2 Å². The van der Waals surface area contributed by atoms with E-state index in [4.69, 9.17) is 8.48 Å². The maximum atomic E-state index is 10.5. The Morgan fingerprint density at radius 3 is 3.22 bits per heavy atom. The van der Waals surface area contributed by atoms with Crippen LogP contribution in [-0.4, -0.2) is 10.9 Å². The van der Waals surface area contributed by atoms with E-state index >= 15 is 0 Å². The smallest absolute Gasteiger partial charge is 0.267 e. The van der Waals surface area contributed by atoms with Crippen LogP contribution in [0.3, 0.4) is 0 Å². The van der Waals surface area contributed by atoms with Gasteiger partial charge in [-0.05, 0) is 12.1 Å². The van der Waals surface area contributed by atoms with E-state index in [1.54, 1.807) is 0 Å². The number of nitrogens with two attached hydrogens (primary N) is 1. The van der Waals surface area contributed by atoms with E-state index in [-0.39, 0.29) is 17.9 Å². The lowest BCUT2D eigenvalue weighted by atomic mass is 10.3. The molecule has 0 radical (unpaired) electrons. The Balaban J connectivity index is 3.19. The summed E-state index contributed by atoms with van der Waals surface area (Å²) in [4.78, 5) is 14.0. The molecule has 0 saturated heterocycles. The van der Waals surface area contributed by atoms with Gasteiger partial charge in [0.1, 0.15) is 5.69 Å². The third-order valence-corrected chi connectivity index (χ3v) is 0.805. The van der Waals surface area contributed by atoms with Crippen molar-refractivity contribution in [3.05, 3.63) is 30.0 Å². The van der Waals surface area contributed by atoms with Gasteiger partial charge in [-0.2, -0.15) is 0 Å². The monoisotopic (exact) mass is 124 g/mol. The molecule has 0 bridgehead atoms. The van der Waals surface area contributed by atoms with Gasteiger partial charge < -0.3 is 5.73 Å². The Bertz CT molecular complexity index is 280. The van der Waals surface area contributed by atoms with Crippen LogP contribution >= 0.6 is 0 Å². The molecule has 1 amide bonds. The normalized spacial score (nSPS) is 12.0. The van der Waals surface area contributed by atoms with Crippen molar-refractivity contribution in [2.24, 2.45) is 5.73 Å². The molecule has 0 aliphatic rings. The van der Waals surface area contributed by atoms with E-state index in [1.807, 2.05) is 0 Å². The van der Waals surface area contributed by atoms with Gasteiger partial charge in [-0.1, -0.05) is 6.04 Å². The van der Waals surface area contributed by atoms with Crippen LogP contribution in [0, 0.1) is 0 Å². The number of hydrogen-bond donors (Lipinski definition) is 1. The van der Waals surface area contributed by atoms with Crippen molar-refractivity contribution in [2.75, 3.05) is 0 Å². The van der Waals surface area contributed by atoms with Crippen LogP contribution in [0.15, 0.2) is 24.3 Å². The van der Waals surface area contributed by atoms with E-state index < -0.39 is 5.91 Å². The molecule has 3 nitrogen and oxygen atoms in total. The number of primary amides is 1. The van der Waals surface area contributed by atoms with E-state index in [2.05, 4.69) is 4.98 Å². The summed E-state index contributed by atoms with van der Waals surface area (Å²) in [5.74, 6) is -0.715. The van der Waals surface area contributed by atoms with Crippen LogP contribution < -0.4 is 5.73 Å². The van der Waals surface area contributed by atoms with Crippen LogP contribution in [0.25, 0.3) is 0 Å². The molecule has 2 N–H and O–H groups in total. The molecule has 9 heavy (non-hydrogen) atoms. The molecule has 0 saturated carbocycles. The standard InChI is InChI=1S/C6H6N2O/c7-6(9)5-3-1-2-4-8-5/h1-4H,(H2,7,9)/i1D,4D. The predicted octanol–water partition coefficient (Wildman–Crippen LogP) is 0.181. The van der Waals surface area contributed by atoms with E-state index in [1.165, 1.54) is 12.1 Å². The van der Waals surface area contributed by atoms with Gasteiger partial charge >= 0.3 is 0 Å². The maximum Gasteiger partial charge on any atom is 0.267 e. The summed E-state index contributed by atoms with van der Waals surface area (Å²) in [5, 5.41) is 0. The molecule has 0 atom stereocenters. The Morgan fingerprint density at radius 2 is 2.67 bits per heavy atom. The number of carbonyl (C=O) groups excluding carboxylic acids is 1. The number of hydrogen-bond acceptors (Lipinski definition) is 2. The van der Waals surface area contributed by atoms with Crippen molar-refractivity contribution in [2.45, 2.75) is 0 Å². The van der Waals surface area contributed by atoms with Crippen molar-refractivity contribution in [1.29, 1.82) is 0 Å². The minimum atomic E-state index is -0.715. The average molecular weight is 124 g/mol. The highest BCUT2D eigenvalue weighted by Gasteiger charge is 1.95. The fourth-order valence-electron chi connectivity index (χ4n) is 0.418. The highest BCUT2D eigenvalue weighted by atomic mass is 16.1. The number of amides is 1. The second-order valence-corrected chi connectivity index (χ2v) is 1.45. The summed E-state index contributed by atoms with van der Waals surface area (Å²) >= 11 is 0. The second kappa shape index (κ2) is 2.26. The Morgan fingerprint density at radius 1 is 1.89 bits per heavy atom. The molecule has 0 aromatic carbocycles. The lowest BCUT2D eigenvalue weighted by Crippen LogP contribution is -2.12. The highest BCUT2D eigenvalue weighted by molar-refractivity contribution is 5.90. The first kappa shape index (κ1) is 3.61. The summed E-state index contributed by atoms with van der Waals surface area (Å²) in [6.07, 6.45) is -0.119. The van der Waals surface area contributed by atoms with Gasteiger partial charge in [0.15, 0.2) is 0 Å². The van der Waals surface area contributed by atoms with Gasteiger partial charge in [0, 0.05) is 6.17 Å². The first-order valence-electron chi connectivity index (χ1n) is 3.34. The van der Waals surface area contributed by atoms with Crippen LogP contribution in [0.2, 0.25) is 0 Å². The molecule has 0 unspecified atom stereocenters. The Hall–Kier alpha value is -1.38. The molecule has 46 valence electrons. The molecule has 1 heterocycles. The second-order valence-electron chi connectivity index (χ2n) is 1.45. The summed E-state index contributed by atoms with van der Waals surface area (Å²) in [6, 6.07) is 2.52. The van der Waals surface area contributed by atoms with Gasteiger partial charge in [0.2, 0.25) is 0 Å². The quantitative estimate of drug-likeness (QED) is 0.580. The third-order valence-electron chi connectivity index (χ3n) is 0.805. The molecule has 0 spiro atoms. The summed E-state index contributed by atoms with van der Waals surface area (Å²) in [5.41, 5.74) is 4.84.